The van der Waals surface area contributed by atoms with E-state index >= 15 is 0 Å². The van der Waals surface area contributed by atoms with Gasteiger partial charge in [-0.2, -0.15) is 0 Å². The first-order valence-electron chi connectivity index (χ1n) is 5.71. The number of amides is 1. The van der Waals surface area contributed by atoms with Crippen molar-refractivity contribution in [2.24, 2.45) is 0 Å². The van der Waals surface area contributed by atoms with E-state index in [-0.39, 0.29) is 18.9 Å². The number of carboxylic acids is 1. The van der Waals surface area contributed by atoms with Crippen LogP contribution in [0.15, 0.2) is 24.3 Å². The molecule has 1 aromatic carbocycles. The highest BCUT2D eigenvalue weighted by atomic mass is 16.5. The Kier molecular flexibility index (Phi) is 5.81. The Morgan fingerprint density at radius 3 is 2.37 bits per heavy atom. The highest BCUT2D eigenvalue weighted by Gasteiger charge is 2.17. The molecule has 1 amide bonds. The van der Waals surface area contributed by atoms with Crippen molar-refractivity contribution >= 4 is 11.9 Å². The zero-order valence-corrected chi connectivity index (χ0v) is 10.9. The van der Waals surface area contributed by atoms with E-state index in [1.165, 1.54) is 7.11 Å². The standard InChI is InChI=1S/C13H17NO5/c1-18-8-12(15)14-11(7-13(16)17)9-3-5-10(19-2)6-4-9/h3-6,11H,7-8H2,1-2H3,(H,14,15)(H,16,17)/t11-/m1/s1. The molecular formula is C13H17NO5. The second kappa shape index (κ2) is 7.38. The lowest BCUT2D eigenvalue weighted by molar-refractivity contribution is -0.137. The molecule has 2 N–H and O–H groups in total. The van der Waals surface area contributed by atoms with Gasteiger partial charge in [-0.3, -0.25) is 9.59 Å². The van der Waals surface area contributed by atoms with E-state index in [9.17, 15) is 9.59 Å². The van der Waals surface area contributed by atoms with E-state index in [1.807, 2.05) is 0 Å². The van der Waals surface area contributed by atoms with Crippen molar-refractivity contribution in [1.82, 2.24) is 5.32 Å². The summed E-state index contributed by atoms with van der Waals surface area (Å²) in [7, 11) is 2.95. The predicted octanol–water partition coefficient (Wildman–Crippen LogP) is 0.974. The molecule has 0 saturated heterocycles. The molecule has 0 aliphatic rings. The second-order valence-electron chi connectivity index (χ2n) is 3.92. The fourth-order valence-electron chi connectivity index (χ4n) is 1.63. The Morgan fingerprint density at radius 1 is 1.26 bits per heavy atom. The number of rotatable bonds is 7. The predicted molar refractivity (Wildman–Crippen MR) is 68.0 cm³/mol. The molecule has 0 saturated carbocycles. The van der Waals surface area contributed by atoms with Gasteiger partial charge in [-0.05, 0) is 17.7 Å². The normalized spacial score (nSPS) is 11.7. The van der Waals surface area contributed by atoms with Gasteiger partial charge >= 0.3 is 5.97 Å². The van der Waals surface area contributed by atoms with Crippen LogP contribution in [0.4, 0.5) is 0 Å². The summed E-state index contributed by atoms with van der Waals surface area (Å²) in [5.74, 6) is -0.677. The molecule has 6 nitrogen and oxygen atoms in total. The number of benzene rings is 1. The van der Waals surface area contributed by atoms with Gasteiger partial charge in [-0.1, -0.05) is 12.1 Å². The summed E-state index contributed by atoms with van der Waals surface area (Å²) in [6.07, 6.45) is -0.193. The van der Waals surface area contributed by atoms with Crippen LogP contribution in [0.1, 0.15) is 18.0 Å². The van der Waals surface area contributed by atoms with E-state index in [1.54, 1.807) is 31.4 Å². The number of carboxylic acid groups (broad SMARTS) is 1. The molecule has 1 aromatic rings. The number of hydrogen-bond acceptors (Lipinski definition) is 4. The first-order valence-corrected chi connectivity index (χ1v) is 5.71. The lowest BCUT2D eigenvalue weighted by Gasteiger charge is -2.17. The minimum Gasteiger partial charge on any atom is -0.497 e. The Balaban J connectivity index is 2.82. The van der Waals surface area contributed by atoms with E-state index in [2.05, 4.69) is 5.32 Å². The van der Waals surface area contributed by atoms with Gasteiger partial charge in [-0.25, -0.2) is 0 Å². The Morgan fingerprint density at radius 2 is 1.89 bits per heavy atom. The number of carbonyl (C=O) groups excluding carboxylic acids is 1. The van der Waals surface area contributed by atoms with Crippen LogP contribution >= 0.6 is 0 Å². The SMILES string of the molecule is COCC(=O)N[C@H](CC(=O)O)c1ccc(OC)cc1. The quantitative estimate of drug-likeness (QED) is 0.769. The van der Waals surface area contributed by atoms with Gasteiger partial charge in [0.2, 0.25) is 5.91 Å². The third-order valence-electron chi connectivity index (χ3n) is 2.51. The van der Waals surface area contributed by atoms with Gasteiger partial charge in [0.1, 0.15) is 12.4 Å². The molecule has 0 radical (unpaired) electrons. The third kappa shape index (κ3) is 4.97. The number of ether oxygens (including phenoxy) is 2. The van der Waals surface area contributed by atoms with Gasteiger partial charge in [0, 0.05) is 7.11 Å². The molecule has 0 bridgehead atoms. The van der Waals surface area contributed by atoms with Crippen LogP contribution in [0.5, 0.6) is 5.75 Å². The summed E-state index contributed by atoms with van der Waals surface area (Å²) in [6.45, 7) is -0.105. The second-order valence-corrected chi connectivity index (χ2v) is 3.92. The number of hydrogen-bond donors (Lipinski definition) is 2. The maximum Gasteiger partial charge on any atom is 0.305 e. The number of aliphatic carboxylic acids is 1. The first-order chi connectivity index (χ1) is 9.06. The van der Waals surface area contributed by atoms with E-state index in [0.717, 1.165) is 0 Å². The largest absolute Gasteiger partial charge is 0.497 e. The van der Waals surface area contributed by atoms with E-state index in [0.29, 0.717) is 11.3 Å². The van der Waals surface area contributed by atoms with Crippen LogP contribution < -0.4 is 10.1 Å². The van der Waals surface area contributed by atoms with Gasteiger partial charge in [0.25, 0.3) is 0 Å². The van der Waals surface area contributed by atoms with Crippen molar-refractivity contribution in [2.75, 3.05) is 20.8 Å². The highest BCUT2D eigenvalue weighted by molar-refractivity contribution is 5.78. The maximum absolute atomic E-state index is 11.5. The molecule has 0 aromatic heterocycles. The molecule has 19 heavy (non-hydrogen) atoms. The van der Waals surface area contributed by atoms with E-state index < -0.39 is 12.0 Å². The van der Waals surface area contributed by atoms with Crippen molar-refractivity contribution in [1.29, 1.82) is 0 Å². The molecule has 0 spiro atoms. The molecule has 0 heterocycles. The average Bonchev–Trinajstić information content (AvgIpc) is 2.38. The molecule has 0 aliphatic heterocycles. The smallest absolute Gasteiger partial charge is 0.305 e. The summed E-state index contributed by atoms with van der Waals surface area (Å²) in [6, 6.07) is 6.28. The van der Waals surface area contributed by atoms with Crippen molar-refractivity contribution in [3.8, 4) is 5.75 Å². The zero-order valence-electron chi connectivity index (χ0n) is 10.9. The fraction of sp³-hybridized carbons (Fsp3) is 0.385. The van der Waals surface area contributed by atoms with Crippen molar-refractivity contribution < 1.29 is 24.2 Å². The van der Waals surface area contributed by atoms with Crippen LogP contribution in [0.2, 0.25) is 0 Å². The van der Waals surface area contributed by atoms with Crippen LogP contribution in [0, 0.1) is 0 Å². The molecule has 104 valence electrons. The van der Waals surface area contributed by atoms with Crippen LogP contribution in [0.3, 0.4) is 0 Å². The fourth-order valence-corrected chi connectivity index (χ4v) is 1.63. The molecule has 0 aliphatic carbocycles. The summed E-state index contributed by atoms with van der Waals surface area (Å²) in [5, 5.41) is 11.5. The molecule has 1 rings (SSSR count). The Bertz CT molecular complexity index is 429. The van der Waals surface area contributed by atoms with Crippen molar-refractivity contribution in [3.05, 3.63) is 29.8 Å². The maximum atomic E-state index is 11.5. The minimum atomic E-state index is -0.987. The summed E-state index contributed by atoms with van der Waals surface area (Å²) >= 11 is 0. The summed E-state index contributed by atoms with van der Waals surface area (Å²) in [4.78, 5) is 22.3. The number of nitrogens with one attached hydrogen (secondary N) is 1. The molecule has 1 atom stereocenters. The van der Waals surface area contributed by atoms with Gasteiger partial charge in [0.05, 0.1) is 19.6 Å². The van der Waals surface area contributed by atoms with Gasteiger partial charge < -0.3 is 19.9 Å². The molecule has 6 heteroatoms. The van der Waals surface area contributed by atoms with Crippen LogP contribution in [-0.4, -0.2) is 37.8 Å². The first kappa shape index (κ1) is 15.0. The van der Waals surface area contributed by atoms with Crippen LogP contribution in [-0.2, 0) is 14.3 Å². The lowest BCUT2D eigenvalue weighted by Crippen LogP contribution is -2.32. The van der Waals surface area contributed by atoms with Crippen molar-refractivity contribution in [2.45, 2.75) is 12.5 Å². The third-order valence-corrected chi connectivity index (χ3v) is 2.51. The Hall–Kier alpha value is -2.08. The lowest BCUT2D eigenvalue weighted by atomic mass is 10.0. The van der Waals surface area contributed by atoms with Gasteiger partial charge in [-0.15, -0.1) is 0 Å². The Labute approximate surface area is 111 Å². The van der Waals surface area contributed by atoms with Gasteiger partial charge in [0.15, 0.2) is 0 Å². The van der Waals surface area contributed by atoms with Crippen molar-refractivity contribution in [3.63, 3.8) is 0 Å². The van der Waals surface area contributed by atoms with E-state index in [4.69, 9.17) is 14.6 Å². The number of methoxy groups -OCH3 is 2. The molecule has 0 unspecified atom stereocenters. The summed E-state index contributed by atoms with van der Waals surface area (Å²) in [5.41, 5.74) is 0.702. The monoisotopic (exact) mass is 267 g/mol. The zero-order chi connectivity index (χ0) is 14.3. The molecule has 0 fully saturated rings. The summed E-state index contributed by atoms with van der Waals surface area (Å²) < 4.78 is 9.73. The minimum absolute atomic E-state index is 0.105. The average molecular weight is 267 g/mol. The number of carbonyl (C=O) groups is 2. The highest BCUT2D eigenvalue weighted by Crippen LogP contribution is 2.20. The van der Waals surface area contributed by atoms with Crippen LogP contribution in [0.25, 0.3) is 0 Å². The topological polar surface area (TPSA) is 84.9 Å². The molecular weight excluding hydrogens is 250 g/mol.